The van der Waals surface area contributed by atoms with Crippen molar-refractivity contribution in [2.75, 3.05) is 7.05 Å². The summed E-state index contributed by atoms with van der Waals surface area (Å²) < 4.78 is 5.32. The van der Waals surface area contributed by atoms with Crippen molar-refractivity contribution in [3.63, 3.8) is 0 Å². The summed E-state index contributed by atoms with van der Waals surface area (Å²) >= 11 is 0. The average molecular weight is 251 g/mol. The molecule has 0 saturated heterocycles. The van der Waals surface area contributed by atoms with Crippen molar-refractivity contribution >= 4 is 0 Å². The van der Waals surface area contributed by atoms with Gasteiger partial charge in [0.05, 0.1) is 6.04 Å². The van der Waals surface area contributed by atoms with Crippen LogP contribution in [0.5, 0.6) is 0 Å². The lowest BCUT2D eigenvalue weighted by Crippen LogP contribution is -2.18. The molecule has 4 heteroatoms. The van der Waals surface area contributed by atoms with E-state index in [0.717, 1.165) is 17.7 Å². The van der Waals surface area contributed by atoms with Crippen LogP contribution in [0.15, 0.2) is 4.52 Å². The number of rotatable bonds is 4. The summed E-state index contributed by atoms with van der Waals surface area (Å²) in [6.45, 7) is 6.69. The highest BCUT2D eigenvalue weighted by molar-refractivity contribution is 4.99. The molecule has 0 bridgehead atoms. The van der Waals surface area contributed by atoms with E-state index in [1.807, 2.05) is 14.0 Å². The third-order valence-corrected chi connectivity index (χ3v) is 4.34. The maximum absolute atomic E-state index is 5.32. The van der Waals surface area contributed by atoms with Crippen LogP contribution in [0, 0.1) is 11.8 Å². The summed E-state index contributed by atoms with van der Waals surface area (Å²) in [5.41, 5.74) is 0. The van der Waals surface area contributed by atoms with Crippen LogP contribution in [0.4, 0.5) is 0 Å². The Hall–Kier alpha value is -0.900. The fourth-order valence-corrected chi connectivity index (χ4v) is 2.76. The smallest absolute Gasteiger partial charge is 0.243 e. The minimum absolute atomic E-state index is 0.137. The number of nitrogens with one attached hydrogen (secondary N) is 1. The topological polar surface area (TPSA) is 51.0 Å². The van der Waals surface area contributed by atoms with E-state index in [0.29, 0.717) is 11.8 Å². The van der Waals surface area contributed by atoms with Crippen molar-refractivity contribution in [1.29, 1.82) is 0 Å². The van der Waals surface area contributed by atoms with Gasteiger partial charge in [0, 0.05) is 5.92 Å². The van der Waals surface area contributed by atoms with E-state index in [4.69, 9.17) is 4.52 Å². The molecule has 0 amide bonds. The Morgan fingerprint density at radius 3 is 2.39 bits per heavy atom. The molecule has 1 aromatic heterocycles. The van der Waals surface area contributed by atoms with Crippen LogP contribution >= 0.6 is 0 Å². The fourth-order valence-electron chi connectivity index (χ4n) is 2.76. The van der Waals surface area contributed by atoms with Crippen molar-refractivity contribution in [3.05, 3.63) is 11.7 Å². The second-order valence-electron chi connectivity index (χ2n) is 5.86. The maximum atomic E-state index is 5.32. The van der Waals surface area contributed by atoms with Crippen molar-refractivity contribution < 1.29 is 4.52 Å². The lowest BCUT2D eigenvalue weighted by Gasteiger charge is -2.29. The maximum Gasteiger partial charge on any atom is 0.243 e. The summed E-state index contributed by atoms with van der Waals surface area (Å²) in [5, 5.41) is 7.28. The zero-order valence-corrected chi connectivity index (χ0v) is 11.9. The molecule has 0 aliphatic heterocycles. The predicted molar refractivity (Wildman–Crippen MR) is 71.3 cm³/mol. The van der Waals surface area contributed by atoms with Crippen LogP contribution in [0.25, 0.3) is 0 Å². The van der Waals surface area contributed by atoms with Gasteiger partial charge in [0.1, 0.15) is 0 Å². The van der Waals surface area contributed by atoms with E-state index >= 15 is 0 Å². The van der Waals surface area contributed by atoms with Gasteiger partial charge in [0.2, 0.25) is 5.89 Å². The molecule has 1 aromatic rings. The van der Waals surface area contributed by atoms with Gasteiger partial charge in [-0.15, -0.1) is 0 Å². The largest absolute Gasteiger partial charge is 0.338 e. The minimum atomic E-state index is 0.137. The quantitative estimate of drug-likeness (QED) is 0.892. The van der Waals surface area contributed by atoms with Crippen LogP contribution in [-0.2, 0) is 0 Å². The lowest BCUT2D eigenvalue weighted by molar-refractivity contribution is 0.251. The van der Waals surface area contributed by atoms with E-state index in [-0.39, 0.29) is 6.04 Å². The Balaban J connectivity index is 1.95. The SMILES string of the molecule is CNC(C)c1nc(C2CCC(C(C)C)CC2)no1. The first-order chi connectivity index (χ1) is 8.61. The highest BCUT2D eigenvalue weighted by Crippen LogP contribution is 2.37. The molecule has 1 aliphatic rings. The van der Waals surface area contributed by atoms with Gasteiger partial charge in [-0.1, -0.05) is 19.0 Å². The molecule has 4 nitrogen and oxygen atoms in total. The normalized spacial score (nSPS) is 26.5. The van der Waals surface area contributed by atoms with Crippen LogP contribution in [0.1, 0.15) is 70.1 Å². The van der Waals surface area contributed by atoms with Gasteiger partial charge >= 0.3 is 0 Å². The summed E-state index contributed by atoms with van der Waals surface area (Å²) in [6, 6.07) is 0.137. The van der Waals surface area contributed by atoms with E-state index in [2.05, 4.69) is 29.3 Å². The lowest BCUT2D eigenvalue weighted by atomic mass is 9.77. The first kappa shape index (κ1) is 13.5. The third kappa shape index (κ3) is 2.91. The number of hydrogen-bond acceptors (Lipinski definition) is 4. The van der Waals surface area contributed by atoms with Crippen LogP contribution < -0.4 is 5.32 Å². The van der Waals surface area contributed by atoms with Crippen LogP contribution in [-0.4, -0.2) is 17.2 Å². The fraction of sp³-hybridized carbons (Fsp3) is 0.857. The van der Waals surface area contributed by atoms with Crippen molar-refractivity contribution in [2.45, 2.75) is 58.4 Å². The van der Waals surface area contributed by atoms with E-state index in [9.17, 15) is 0 Å². The number of aromatic nitrogens is 2. The molecule has 1 saturated carbocycles. The standard InChI is InChI=1S/C14H25N3O/c1-9(2)11-5-7-12(8-6-11)13-16-14(18-17-13)10(3)15-4/h9-12,15H,5-8H2,1-4H3. The molecule has 1 aliphatic carbocycles. The second kappa shape index (κ2) is 5.83. The van der Waals surface area contributed by atoms with E-state index in [1.165, 1.54) is 25.7 Å². The van der Waals surface area contributed by atoms with E-state index < -0.39 is 0 Å². The van der Waals surface area contributed by atoms with Crippen molar-refractivity contribution in [3.8, 4) is 0 Å². The summed E-state index contributed by atoms with van der Waals surface area (Å²) in [5.74, 6) is 3.80. The summed E-state index contributed by atoms with van der Waals surface area (Å²) in [6.07, 6.45) is 5.01. The zero-order chi connectivity index (χ0) is 13.1. The zero-order valence-electron chi connectivity index (χ0n) is 11.9. The highest BCUT2D eigenvalue weighted by atomic mass is 16.5. The van der Waals surface area contributed by atoms with Gasteiger partial charge in [0.25, 0.3) is 0 Å². The molecule has 1 heterocycles. The number of hydrogen-bond donors (Lipinski definition) is 1. The second-order valence-corrected chi connectivity index (χ2v) is 5.86. The summed E-state index contributed by atoms with van der Waals surface area (Å²) in [7, 11) is 1.91. The molecule has 1 unspecified atom stereocenters. The molecule has 2 rings (SSSR count). The van der Waals surface area contributed by atoms with Gasteiger partial charge < -0.3 is 9.84 Å². The Labute approximate surface area is 110 Å². The van der Waals surface area contributed by atoms with Gasteiger partial charge in [-0.25, -0.2) is 0 Å². The Morgan fingerprint density at radius 2 is 1.83 bits per heavy atom. The van der Waals surface area contributed by atoms with Gasteiger partial charge in [0.15, 0.2) is 5.82 Å². The molecule has 0 aromatic carbocycles. The Morgan fingerprint density at radius 1 is 1.17 bits per heavy atom. The minimum Gasteiger partial charge on any atom is -0.338 e. The highest BCUT2D eigenvalue weighted by Gasteiger charge is 2.27. The molecule has 0 radical (unpaired) electrons. The first-order valence-electron chi connectivity index (χ1n) is 7.12. The van der Waals surface area contributed by atoms with Crippen molar-refractivity contribution in [1.82, 2.24) is 15.5 Å². The average Bonchev–Trinajstić information content (AvgIpc) is 2.87. The molecule has 1 N–H and O–H groups in total. The molecular weight excluding hydrogens is 226 g/mol. The molecule has 1 fully saturated rings. The molecule has 18 heavy (non-hydrogen) atoms. The Bertz CT molecular complexity index is 367. The predicted octanol–water partition coefficient (Wildman–Crippen LogP) is 3.28. The molecule has 102 valence electrons. The number of nitrogens with zero attached hydrogens (tertiary/aromatic N) is 2. The Kier molecular flexibility index (Phi) is 4.38. The van der Waals surface area contributed by atoms with Gasteiger partial charge in [-0.3, -0.25) is 0 Å². The van der Waals surface area contributed by atoms with Crippen molar-refractivity contribution in [2.24, 2.45) is 11.8 Å². The first-order valence-corrected chi connectivity index (χ1v) is 7.12. The van der Waals surface area contributed by atoms with Crippen LogP contribution in [0.3, 0.4) is 0 Å². The van der Waals surface area contributed by atoms with Gasteiger partial charge in [-0.05, 0) is 51.5 Å². The monoisotopic (exact) mass is 251 g/mol. The molecule has 0 spiro atoms. The van der Waals surface area contributed by atoms with Crippen LogP contribution in [0.2, 0.25) is 0 Å². The van der Waals surface area contributed by atoms with E-state index in [1.54, 1.807) is 0 Å². The third-order valence-electron chi connectivity index (χ3n) is 4.34. The molecule has 1 atom stereocenters. The molecular formula is C14H25N3O. The summed E-state index contributed by atoms with van der Waals surface area (Å²) in [4.78, 5) is 4.53. The van der Waals surface area contributed by atoms with Gasteiger partial charge in [-0.2, -0.15) is 4.98 Å².